The van der Waals surface area contributed by atoms with Crippen molar-refractivity contribution in [2.45, 2.75) is 44.9 Å². The minimum Gasteiger partial charge on any atom is -0.375 e. The number of aromatic nitrogens is 1. The average Bonchev–Trinajstić information content (AvgIpc) is 2.54. The van der Waals surface area contributed by atoms with E-state index in [0.717, 1.165) is 12.8 Å². The van der Waals surface area contributed by atoms with Crippen LogP contribution < -0.4 is 5.43 Å². The highest BCUT2D eigenvalue weighted by Crippen LogP contribution is 2.19. The highest BCUT2D eigenvalue weighted by molar-refractivity contribution is 4.96. The number of ether oxygens (including phenoxy) is 1. The second-order valence-electron chi connectivity index (χ2n) is 4.15. The molecule has 0 bridgehead atoms. The molecule has 3 nitrogen and oxygen atoms in total. The van der Waals surface area contributed by atoms with Crippen LogP contribution in [0, 0.1) is 0 Å². The van der Waals surface area contributed by atoms with Crippen molar-refractivity contribution in [3.8, 4) is 0 Å². The van der Waals surface area contributed by atoms with E-state index in [2.05, 4.69) is 19.3 Å². The molecular weight excluding hydrogens is 176 g/mol. The van der Waals surface area contributed by atoms with Crippen LogP contribution in [-0.2, 0) is 4.74 Å². The number of nitrogens with one attached hydrogen (secondary N) is 1. The summed E-state index contributed by atoms with van der Waals surface area (Å²) in [7, 11) is 0. The SMILES string of the molecule is CC1CC(Nn2cccc2)CC(C)O1. The van der Waals surface area contributed by atoms with Crippen LogP contribution in [0.5, 0.6) is 0 Å². The Balaban J connectivity index is 1.91. The van der Waals surface area contributed by atoms with E-state index in [9.17, 15) is 0 Å². The van der Waals surface area contributed by atoms with Gasteiger partial charge in [-0.05, 0) is 38.8 Å². The number of nitrogens with zero attached hydrogens (tertiary/aromatic N) is 1. The van der Waals surface area contributed by atoms with Gasteiger partial charge < -0.3 is 10.2 Å². The van der Waals surface area contributed by atoms with E-state index in [4.69, 9.17) is 4.74 Å². The first-order chi connectivity index (χ1) is 6.74. The van der Waals surface area contributed by atoms with Crippen molar-refractivity contribution in [3.63, 3.8) is 0 Å². The van der Waals surface area contributed by atoms with Gasteiger partial charge in [-0.1, -0.05) is 0 Å². The summed E-state index contributed by atoms with van der Waals surface area (Å²) in [4.78, 5) is 0. The number of hydrogen-bond acceptors (Lipinski definition) is 2. The van der Waals surface area contributed by atoms with Gasteiger partial charge in [0.05, 0.1) is 12.2 Å². The highest BCUT2D eigenvalue weighted by Gasteiger charge is 2.24. The summed E-state index contributed by atoms with van der Waals surface area (Å²) in [6.45, 7) is 4.28. The molecule has 2 heterocycles. The lowest BCUT2D eigenvalue weighted by atomic mass is 10.0. The van der Waals surface area contributed by atoms with Crippen molar-refractivity contribution < 1.29 is 4.74 Å². The summed E-state index contributed by atoms with van der Waals surface area (Å²) in [5.41, 5.74) is 3.46. The Morgan fingerprint density at radius 3 is 2.29 bits per heavy atom. The summed E-state index contributed by atoms with van der Waals surface area (Å²) in [6.07, 6.45) is 6.97. The average molecular weight is 194 g/mol. The largest absolute Gasteiger partial charge is 0.375 e. The third kappa shape index (κ3) is 2.29. The van der Waals surface area contributed by atoms with Gasteiger partial charge in [-0.2, -0.15) is 0 Å². The van der Waals surface area contributed by atoms with Crippen LogP contribution in [0.2, 0.25) is 0 Å². The van der Waals surface area contributed by atoms with Gasteiger partial charge >= 0.3 is 0 Å². The van der Waals surface area contributed by atoms with E-state index in [0.29, 0.717) is 18.2 Å². The molecule has 78 valence electrons. The Kier molecular flexibility index (Phi) is 2.77. The Hall–Kier alpha value is -0.960. The third-order valence-corrected chi connectivity index (χ3v) is 2.63. The van der Waals surface area contributed by atoms with Gasteiger partial charge in [-0.15, -0.1) is 0 Å². The zero-order valence-corrected chi connectivity index (χ0v) is 8.81. The molecule has 1 N–H and O–H groups in total. The van der Waals surface area contributed by atoms with Gasteiger partial charge in [0, 0.05) is 18.4 Å². The van der Waals surface area contributed by atoms with E-state index in [1.165, 1.54) is 0 Å². The Bertz CT molecular complexity index is 261. The van der Waals surface area contributed by atoms with E-state index >= 15 is 0 Å². The monoisotopic (exact) mass is 194 g/mol. The van der Waals surface area contributed by atoms with Crippen molar-refractivity contribution in [2.24, 2.45) is 0 Å². The molecule has 1 fully saturated rings. The summed E-state index contributed by atoms with van der Waals surface area (Å²) in [6, 6.07) is 4.58. The van der Waals surface area contributed by atoms with Crippen molar-refractivity contribution in [2.75, 3.05) is 5.43 Å². The molecule has 2 unspecified atom stereocenters. The topological polar surface area (TPSA) is 26.2 Å². The molecule has 2 rings (SSSR count). The lowest BCUT2D eigenvalue weighted by molar-refractivity contribution is -0.0352. The van der Waals surface area contributed by atoms with Crippen molar-refractivity contribution in [3.05, 3.63) is 24.5 Å². The summed E-state index contributed by atoms with van der Waals surface area (Å²) in [5, 5.41) is 0. The molecular formula is C11H18N2O. The molecule has 1 aromatic rings. The van der Waals surface area contributed by atoms with Crippen LogP contribution in [0.25, 0.3) is 0 Å². The van der Waals surface area contributed by atoms with E-state index in [-0.39, 0.29) is 0 Å². The normalized spacial score (nSPS) is 32.9. The van der Waals surface area contributed by atoms with Crippen LogP contribution in [0.15, 0.2) is 24.5 Å². The minimum absolute atomic E-state index is 0.367. The van der Waals surface area contributed by atoms with Gasteiger partial charge in [0.2, 0.25) is 0 Å². The first kappa shape index (κ1) is 9.59. The van der Waals surface area contributed by atoms with E-state index in [1.807, 2.05) is 29.2 Å². The van der Waals surface area contributed by atoms with Crippen LogP contribution in [0.1, 0.15) is 26.7 Å². The van der Waals surface area contributed by atoms with Crippen molar-refractivity contribution >= 4 is 0 Å². The van der Waals surface area contributed by atoms with Crippen molar-refractivity contribution in [1.29, 1.82) is 0 Å². The molecule has 0 amide bonds. The molecule has 1 aromatic heterocycles. The van der Waals surface area contributed by atoms with Crippen LogP contribution in [0.3, 0.4) is 0 Å². The molecule has 0 aliphatic carbocycles. The molecule has 14 heavy (non-hydrogen) atoms. The molecule has 1 aliphatic heterocycles. The molecule has 1 aliphatic rings. The number of rotatable bonds is 2. The van der Waals surface area contributed by atoms with Crippen LogP contribution >= 0.6 is 0 Å². The Morgan fingerprint density at radius 1 is 1.14 bits per heavy atom. The molecule has 0 saturated carbocycles. The highest BCUT2D eigenvalue weighted by atomic mass is 16.5. The predicted molar refractivity (Wildman–Crippen MR) is 56.8 cm³/mol. The van der Waals surface area contributed by atoms with Crippen LogP contribution in [0.4, 0.5) is 0 Å². The van der Waals surface area contributed by atoms with Gasteiger partial charge in [0.25, 0.3) is 0 Å². The fraction of sp³-hybridized carbons (Fsp3) is 0.636. The summed E-state index contributed by atoms with van der Waals surface area (Å²) >= 11 is 0. The Labute approximate surface area is 85.0 Å². The summed E-state index contributed by atoms with van der Waals surface area (Å²) < 4.78 is 7.71. The molecule has 0 aromatic carbocycles. The van der Waals surface area contributed by atoms with Gasteiger partial charge in [-0.25, -0.2) is 0 Å². The molecule has 2 atom stereocenters. The zero-order valence-electron chi connectivity index (χ0n) is 8.81. The second-order valence-corrected chi connectivity index (χ2v) is 4.15. The first-order valence-electron chi connectivity index (χ1n) is 5.29. The smallest absolute Gasteiger partial charge is 0.0570 e. The van der Waals surface area contributed by atoms with E-state index < -0.39 is 0 Å². The Morgan fingerprint density at radius 2 is 1.71 bits per heavy atom. The van der Waals surface area contributed by atoms with E-state index in [1.54, 1.807) is 0 Å². The first-order valence-corrected chi connectivity index (χ1v) is 5.29. The maximum atomic E-state index is 5.69. The third-order valence-electron chi connectivity index (χ3n) is 2.63. The van der Waals surface area contributed by atoms with Gasteiger partial charge in [0.15, 0.2) is 0 Å². The van der Waals surface area contributed by atoms with Crippen molar-refractivity contribution in [1.82, 2.24) is 4.68 Å². The van der Waals surface area contributed by atoms with Gasteiger partial charge in [0.1, 0.15) is 0 Å². The molecule has 0 spiro atoms. The maximum Gasteiger partial charge on any atom is 0.0570 e. The fourth-order valence-corrected chi connectivity index (χ4v) is 2.14. The minimum atomic E-state index is 0.367. The second kappa shape index (κ2) is 4.05. The molecule has 3 heteroatoms. The molecule has 0 radical (unpaired) electrons. The lowest BCUT2D eigenvalue weighted by Gasteiger charge is -2.33. The fourth-order valence-electron chi connectivity index (χ4n) is 2.14. The standard InChI is InChI=1S/C11H18N2O/c1-9-7-11(8-10(2)14-9)12-13-5-3-4-6-13/h3-6,9-12H,7-8H2,1-2H3. The predicted octanol–water partition coefficient (Wildman–Crippen LogP) is 1.99. The lowest BCUT2D eigenvalue weighted by Crippen LogP contribution is -2.39. The quantitative estimate of drug-likeness (QED) is 0.779. The molecule has 1 saturated heterocycles. The maximum absolute atomic E-state index is 5.69. The zero-order chi connectivity index (χ0) is 9.97. The van der Waals surface area contributed by atoms with Gasteiger partial charge in [-0.3, -0.25) is 4.68 Å². The summed E-state index contributed by atoms with van der Waals surface area (Å²) in [5.74, 6) is 0. The number of hydrogen-bond donors (Lipinski definition) is 1. The van der Waals surface area contributed by atoms with Crippen LogP contribution in [-0.4, -0.2) is 22.9 Å².